The molecule has 110 valence electrons. The topological polar surface area (TPSA) is 93.2 Å². The lowest BCUT2D eigenvalue weighted by molar-refractivity contribution is 0.452. The minimum atomic E-state index is -3.46. The summed E-state index contributed by atoms with van der Waals surface area (Å²) in [5, 5.41) is 4.28. The average molecular weight is 289 g/mol. The van der Waals surface area contributed by atoms with Gasteiger partial charge in [0.1, 0.15) is 0 Å². The van der Waals surface area contributed by atoms with Crippen LogP contribution in [0, 0.1) is 0 Å². The summed E-state index contributed by atoms with van der Waals surface area (Å²) in [6, 6.07) is 0. The van der Waals surface area contributed by atoms with E-state index in [9.17, 15) is 8.42 Å². The zero-order valence-corrected chi connectivity index (χ0v) is 12.6. The molecule has 0 bridgehead atoms. The van der Waals surface area contributed by atoms with Crippen molar-refractivity contribution in [3.8, 4) is 0 Å². The maximum atomic E-state index is 12.0. The number of aryl methyl sites for hydroxylation is 2. The highest BCUT2D eigenvalue weighted by Gasteiger charge is 2.17. The van der Waals surface area contributed by atoms with Crippen molar-refractivity contribution >= 4 is 10.2 Å². The molecule has 1 aromatic heterocycles. The van der Waals surface area contributed by atoms with Gasteiger partial charge in [0, 0.05) is 38.9 Å². The van der Waals surface area contributed by atoms with Crippen LogP contribution in [0.2, 0.25) is 0 Å². The molecule has 0 aliphatic carbocycles. The Bertz CT molecular complexity index is 497. The highest BCUT2D eigenvalue weighted by molar-refractivity contribution is 7.87. The number of nitrogens with zero attached hydrogens (tertiary/aromatic N) is 3. The van der Waals surface area contributed by atoms with Gasteiger partial charge in [0.2, 0.25) is 0 Å². The standard InChI is InChI=1S/C11H23N5O2S/c1-4-11-10(9-15(2)14-11)8-13-19(17,18)16(3)7-5-6-12/h9,13H,4-8,12H2,1-3H3. The molecule has 1 heterocycles. The quantitative estimate of drug-likeness (QED) is 0.681. The van der Waals surface area contributed by atoms with E-state index in [1.165, 1.54) is 4.31 Å². The van der Waals surface area contributed by atoms with Gasteiger partial charge >= 0.3 is 0 Å². The Kier molecular flexibility index (Phi) is 5.92. The van der Waals surface area contributed by atoms with Gasteiger partial charge in [-0.2, -0.15) is 22.5 Å². The van der Waals surface area contributed by atoms with Crippen LogP contribution in [-0.2, 0) is 30.2 Å². The smallest absolute Gasteiger partial charge is 0.279 e. The Morgan fingerprint density at radius 2 is 2.21 bits per heavy atom. The van der Waals surface area contributed by atoms with E-state index in [-0.39, 0.29) is 6.54 Å². The molecule has 8 heteroatoms. The molecule has 0 fully saturated rings. The molecule has 3 N–H and O–H groups in total. The lowest BCUT2D eigenvalue weighted by atomic mass is 10.2. The highest BCUT2D eigenvalue weighted by Crippen LogP contribution is 2.08. The molecule has 0 saturated carbocycles. The molecule has 0 radical (unpaired) electrons. The van der Waals surface area contributed by atoms with Crippen molar-refractivity contribution in [1.29, 1.82) is 0 Å². The summed E-state index contributed by atoms with van der Waals surface area (Å²) in [4.78, 5) is 0. The van der Waals surface area contributed by atoms with Gasteiger partial charge in [-0.3, -0.25) is 4.68 Å². The van der Waals surface area contributed by atoms with Gasteiger partial charge in [0.25, 0.3) is 10.2 Å². The summed E-state index contributed by atoms with van der Waals surface area (Å²) in [5.74, 6) is 0. The zero-order valence-electron chi connectivity index (χ0n) is 11.8. The van der Waals surface area contributed by atoms with Gasteiger partial charge < -0.3 is 5.73 Å². The second-order valence-corrected chi connectivity index (χ2v) is 6.28. The summed E-state index contributed by atoms with van der Waals surface area (Å²) in [6.45, 7) is 3.14. The van der Waals surface area contributed by atoms with Crippen LogP contribution in [0.5, 0.6) is 0 Å². The fourth-order valence-electron chi connectivity index (χ4n) is 1.74. The maximum Gasteiger partial charge on any atom is 0.279 e. The summed E-state index contributed by atoms with van der Waals surface area (Å²) < 4.78 is 29.5. The second kappa shape index (κ2) is 6.99. The van der Waals surface area contributed by atoms with E-state index < -0.39 is 10.2 Å². The third-order valence-corrected chi connectivity index (χ3v) is 4.37. The highest BCUT2D eigenvalue weighted by atomic mass is 32.2. The predicted octanol–water partition coefficient (Wildman–Crippen LogP) is -0.402. The Balaban J connectivity index is 2.64. The Morgan fingerprint density at radius 3 is 2.79 bits per heavy atom. The minimum absolute atomic E-state index is 0.256. The molecule has 0 atom stereocenters. The molecule has 0 spiro atoms. The molecule has 0 aliphatic rings. The normalized spacial score (nSPS) is 12.3. The number of hydrogen-bond donors (Lipinski definition) is 2. The summed E-state index contributed by atoms with van der Waals surface area (Å²) in [7, 11) is -0.0881. The SMILES string of the molecule is CCc1nn(C)cc1CNS(=O)(=O)N(C)CCCN. The van der Waals surface area contributed by atoms with Crippen LogP contribution in [0.25, 0.3) is 0 Å². The van der Waals surface area contributed by atoms with Crippen molar-refractivity contribution in [3.63, 3.8) is 0 Å². The summed E-state index contributed by atoms with van der Waals surface area (Å²) in [6.07, 6.45) is 3.26. The largest absolute Gasteiger partial charge is 0.330 e. The van der Waals surface area contributed by atoms with Gasteiger partial charge in [-0.25, -0.2) is 0 Å². The number of hydrogen-bond acceptors (Lipinski definition) is 4. The Morgan fingerprint density at radius 1 is 1.53 bits per heavy atom. The van der Waals surface area contributed by atoms with E-state index in [4.69, 9.17) is 5.73 Å². The maximum absolute atomic E-state index is 12.0. The number of nitrogens with one attached hydrogen (secondary N) is 1. The first-order valence-corrected chi connectivity index (χ1v) is 7.77. The summed E-state index contributed by atoms with van der Waals surface area (Å²) in [5.41, 5.74) is 7.19. The Labute approximate surface area is 115 Å². The first-order valence-electron chi connectivity index (χ1n) is 6.33. The molecule has 0 saturated heterocycles. The van der Waals surface area contributed by atoms with E-state index in [1.54, 1.807) is 11.7 Å². The van der Waals surface area contributed by atoms with E-state index in [1.807, 2.05) is 20.2 Å². The van der Waals surface area contributed by atoms with E-state index in [0.29, 0.717) is 19.5 Å². The van der Waals surface area contributed by atoms with Crippen molar-refractivity contribution in [2.45, 2.75) is 26.3 Å². The molecule has 1 aromatic rings. The third kappa shape index (κ3) is 4.57. The van der Waals surface area contributed by atoms with Gasteiger partial charge in [0.15, 0.2) is 0 Å². The molecule has 1 rings (SSSR count). The van der Waals surface area contributed by atoms with Crippen molar-refractivity contribution in [1.82, 2.24) is 18.8 Å². The van der Waals surface area contributed by atoms with Crippen molar-refractivity contribution in [3.05, 3.63) is 17.5 Å². The zero-order chi connectivity index (χ0) is 14.5. The van der Waals surface area contributed by atoms with Crippen LogP contribution in [0.3, 0.4) is 0 Å². The van der Waals surface area contributed by atoms with Gasteiger partial charge in [0.05, 0.1) is 5.69 Å². The van der Waals surface area contributed by atoms with Crippen molar-refractivity contribution < 1.29 is 8.42 Å². The van der Waals surface area contributed by atoms with E-state index in [0.717, 1.165) is 17.7 Å². The van der Waals surface area contributed by atoms with Crippen molar-refractivity contribution in [2.75, 3.05) is 20.1 Å². The average Bonchev–Trinajstić information content (AvgIpc) is 2.74. The molecule has 19 heavy (non-hydrogen) atoms. The first-order chi connectivity index (χ1) is 8.90. The number of aromatic nitrogens is 2. The monoisotopic (exact) mass is 289 g/mol. The lowest BCUT2D eigenvalue weighted by Gasteiger charge is -2.17. The summed E-state index contributed by atoms with van der Waals surface area (Å²) >= 11 is 0. The van der Waals surface area contributed by atoms with Crippen LogP contribution < -0.4 is 10.5 Å². The molecule has 0 unspecified atom stereocenters. The molecular weight excluding hydrogens is 266 g/mol. The lowest BCUT2D eigenvalue weighted by Crippen LogP contribution is -2.38. The number of rotatable bonds is 8. The van der Waals surface area contributed by atoms with Gasteiger partial charge in [-0.15, -0.1) is 0 Å². The van der Waals surface area contributed by atoms with Crippen LogP contribution in [0.15, 0.2) is 6.20 Å². The van der Waals surface area contributed by atoms with Gasteiger partial charge in [-0.1, -0.05) is 6.92 Å². The van der Waals surface area contributed by atoms with Crippen LogP contribution >= 0.6 is 0 Å². The van der Waals surface area contributed by atoms with Crippen LogP contribution in [0.1, 0.15) is 24.6 Å². The molecule has 0 aliphatic heterocycles. The molecule has 0 aromatic carbocycles. The van der Waals surface area contributed by atoms with Crippen molar-refractivity contribution in [2.24, 2.45) is 12.8 Å². The Hall–Kier alpha value is -0.960. The van der Waals surface area contributed by atoms with Gasteiger partial charge in [-0.05, 0) is 19.4 Å². The fraction of sp³-hybridized carbons (Fsp3) is 0.727. The molecular formula is C11H23N5O2S. The first kappa shape index (κ1) is 16.1. The molecule has 0 amide bonds. The third-order valence-electron chi connectivity index (χ3n) is 2.86. The van der Waals surface area contributed by atoms with E-state index >= 15 is 0 Å². The van der Waals surface area contributed by atoms with Crippen LogP contribution in [-0.4, -0.2) is 42.6 Å². The van der Waals surface area contributed by atoms with E-state index in [2.05, 4.69) is 9.82 Å². The van der Waals surface area contributed by atoms with Crippen LogP contribution in [0.4, 0.5) is 0 Å². The predicted molar refractivity (Wildman–Crippen MR) is 74.6 cm³/mol. The number of nitrogens with two attached hydrogens (primary N) is 1. The molecule has 7 nitrogen and oxygen atoms in total. The minimum Gasteiger partial charge on any atom is -0.330 e. The second-order valence-electron chi connectivity index (χ2n) is 4.42. The fourth-order valence-corrected chi connectivity index (χ4v) is 2.67.